The number of ether oxygens (including phenoxy) is 1. The molecule has 0 radical (unpaired) electrons. The number of hydrogen-bond donors (Lipinski definition) is 1. The maximum Gasteiger partial charge on any atom is 0.325 e. The molecule has 1 N–H and O–H groups in total. The van der Waals surface area contributed by atoms with Gasteiger partial charge in [0.15, 0.2) is 0 Å². The van der Waals surface area contributed by atoms with Crippen molar-refractivity contribution in [2.24, 2.45) is 0 Å². The number of hydrogen-bond acceptors (Lipinski definition) is 3. The van der Waals surface area contributed by atoms with Crippen LogP contribution in [0, 0.1) is 6.92 Å². The van der Waals surface area contributed by atoms with Crippen LogP contribution in [0.25, 0.3) is 0 Å². The highest BCUT2D eigenvalue weighted by Gasteiger charge is 2.06. The second kappa shape index (κ2) is 5.75. The molecule has 16 heavy (non-hydrogen) atoms. The first kappa shape index (κ1) is 12.8. The van der Waals surface area contributed by atoms with Gasteiger partial charge in [-0.25, -0.2) is 0 Å². The number of esters is 1. The Hall–Kier alpha value is -1.22. The summed E-state index contributed by atoms with van der Waals surface area (Å²) >= 11 is 5.86. The van der Waals surface area contributed by atoms with Crippen LogP contribution in [0.15, 0.2) is 18.2 Å². The van der Waals surface area contributed by atoms with E-state index in [1.165, 1.54) is 0 Å². The van der Waals surface area contributed by atoms with Gasteiger partial charge in [-0.05, 0) is 38.5 Å². The molecule has 0 aromatic heterocycles. The second-order valence-corrected chi connectivity index (χ2v) is 4.29. The maximum atomic E-state index is 11.3. The molecule has 0 saturated carbocycles. The van der Waals surface area contributed by atoms with Crippen LogP contribution in [0.1, 0.15) is 19.4 Å². The van der Waals surface area contributed by atoms with E-state index in [2.05, 4.69) is 5.32 Å². The van der Waals surface area contributed by atoms with Gasteiger partial charge in [0, 0.05) is 10.7 Å². The normalized spacial score (nSPS) is 10.3. The Morgan fingerprint density at radius 3 is 2.81 bits per heavy atom. The Balaban J connectivity index is 2.54. The zero-order chi connectivity index (χ0) is 12.1. The van der Waals surface area contributed by atoms with Gasteiger partial charge >= 0.3 is 5.97 Å². The Labute approximate surface area is 101 Å². The molecule has 1 aromatic rings. The van der Waals surface area contributed by atoms with Crippen LogP contribution in [-0.2, 0) is 9.53 Å². The van der Waals surface area contributed by atoms with Gasteiger partial charge in [0.2, 0.25) is 0 Å². The van der Waals surface area contributed by atoms with Crippen LogP contribution in [-0.4, -0.2) is 18.6 Å². The van der Waals surface area contributed by atoms with Crippen molar-refractivity contribution in [1.29, 1.82) is 0 Å². The molecule has 0 bridgehead atoms. The maximum absolute atomic E-state index is 11.3. The number of nitrogens with one attached hydrogen (secondary N) is 1. The van der Waals surface area contributed by atoms with Crippen molar-refractivity contribution < 1.29 is 9.53 Å². The SMILES string of the molecule is Cc1ccc(Cl)cc1NCC(=O)OC(C)C. The van der Waals surface area contributed by atoms with E-state index in [4.69, 9.17) is 16.3 Å². The smallest absolute Gasteiger partial charge is 0.325 e. The highest BCUT2D eigenvalue weighted by molar-refractivity contribution is 6.30. The average Bonchev–Trinajstić information content (AvgIpc) is 2.18. The van der Waals surface area contributed by atoms with Crippen molar-refractivity contribution in [1.82, 2.24) is 0 Å². The highest BCUT2D eigenvalue weighted by Crippen LogP contribution is 2.19. The summed E-state index contributed by atoms with van der Waals surface area (Å²) in [5.74, 6) is -0.269. The van der Waals surface area contributed by atoms with Crippen LogP contribution in [0.5, 0.6) is 0 Å². The quantitative estimate of drug-likeness (QED) is 0.824. The van der Waals surface area contributed by atoms with E-state index in [1.807, 2.05) is 32.9 Å². The summed E-state index contributed by atoms with van der Waals surface area (Å²) < 4.78 is 5.01. The summed E-state index contributed by atoms with van der Waals surface area (Å²) in [6.45, 7) is 5.75. The third kappa shape index (κ3) is 4.11. The summed E-state index contributed by atoms with van der Waals surface area (Å²) in [5.41, 5.74) is 1.90. The summed E-state index contributed by atoms with van der Waals surface area (Å²) in [4.78, 5) is 11.3. The van der Waals surface area contributed by atoms with Gasteiger partial charge in [-0.3, -0.25) is 4.79 Å². The van der Waals surface area contributed by atoms with Gasteiger partial charge in [0.05, 0.1) is 6.10 Å². The average molecular weight is 242 g/mol. The first-order valence-corrected chi connectivity index (χ1v) is 5.56. The van der Waals surface area contributed by atoms with Crippen molar-refractivity contribution in [3.8, 4) is 0 Å². The number of rotatable bonds is 4. The zero-order valence-corrected chi connectivity index (χ0v) is 10.5. The minimum atomic E-state index is -0.269. The number of carbonyl (C=O) groups excluding carboxylic acids is 1. The summed E-state index contributed by atoms with van der Waals surface area (Å²) in [6.07, 6.45) is -0.0882. The number of anilines is 1. The van der Waals surface area contributed by atoms with E-state index < -0.39 is 0 Å². The molecular weight excluding hydrogens is 226 g/mol. The monoisotopic (exact) mass is 241 g/mol. The third-order valence-electron chi connectivity index (χ3n) is 1.99. The number of benzene rings is 1. The number of carbonyl (C=O) groups is 1. The largest absolute Gasteiger partial charge is 0.462 e. The van der Waals surface area contributed by atoms with Crippen molar-refractivity contribution in [3.05, 3.63) is 28.8 Å². The molecule has 1 rings (SSSR count). The molecule has 0 atom stereocenters. The van der Waals surface area contributed by atoms with E-state index in [9.17, 15) is 4.79 Å². The van der Waals surface area contributed by atoms with Gasteiger partial charge in [-0.2, -0.15) is 0 Å². The molecule has 0 saturated heterocycles. The predicted octanol–water partition coefficient (Wildman–Crippen LogP) is 3.01. The van der Waals surface area contributed by atoms with Crippen molar-refractivity contribution in [2.45, 2.75) is 26.9 Å². The molecule has 0 aliphatic rings. The Kier molecular flexibility index (Phi) is 4.62. The molecule has 1 aromatic carbocycles. The minimum absolute atomic E-state index is 0.0882. The Morgan fingerprint density at radius 2 is 2.19 bits per heavy atom. The van der Waals surface area contributed by atoms with Crippen LogP contribution >= 0.6 is 11.6 Å². The van der Waals surface area contributed by atoms with Gasteiger partial charge in [0.1, 0.15) is 6.54 Å². The van der Waals surface area contributed by atoms with Crippen molar-refractivity contribution in [3.63, 3.8) is 0 Å². The van der Waals surface area contributed by atoms with Crippen molar-refractivity contribution in [2.75, 3.05) is 11.9 Å². The van der Waals surface area contributed by atoms with E-state index in [0.29, 0.717) is 5.02 Å². The van der Waals surface area contributed by atoms with Crippen LogP contribution in [0.4, 0.5) is 5.69 Å². The van der Waals surface area contributed by atoms with E-state index in [-0.39, 0.29) is 18.6 Å². The topological polar surface area (TPSA) is 38.3 Å². The predicted molar refractivity (Wildman–Crippen MR) is 65.9 cm³/mol. The third-order valence-corrected chi connectivity index (χ3v) is 2.23. The number of halogens is 1. The molecule has 0 heterocycles. The molecule has 4 heteroatoms. The van der Waals surface area contributed by atoms with Crippen LogP contribution < -0.4 is 5.32 Å². The standard InChI is InChI=1S/C12H16ClNO2/c1-8(2)16-12(15)7-14-11-6-10(13)5-4-9(11)3/h4-6,8,14H,7H2,1-3H3. The summed E-state index contributed by atoms with van der Waals surface area (Å²) in [5, 5.41) is 3.64. The minimum Gasteiger partial charge on any atom is -0.462 e. The van der Waals surface area contributed by atoms with Gasteiger partial charge in [-0.1, -0.05) is 17.7 Å². The summed E-state index contributed by atoms with van der Waals surface area (Å²) in [6, 6.07) is 5.51. The Morgan fingerprint density at radius 1 is 1.50 bits per heavy atom. The van der Waals surface area contributed by atoms with E-state index >= 15 is 0 Å². The lowest BCUT2D eigenvalue weighted by Crippen LogP contribution is -2.20. The summed E-state index contributed by atoms with van der Waals surface area (Å²) in [7, 11) is 0. The molecule has 0 unspecified atom stereocenters. The fourth-order valence-corrected chi connectivity index (χ4v) is 1.43. The molecule has 0 aliphatic heterocycles. The lowest BCUT2D eigenvalue weighted by molar-refractivity contribution is -0.145. The fraction of sp³-hybridized carbons (Fsp3) is 0.417. The Bertz CT molecular complexity index is 377. The molecule has 0 fully saturated rings. The first-order valence-electron chi connectivity index (χ1n) is 5.18. The second-order valence-electron chi connectivity index (χ2n) is 3.85. The van der Waals surface area contributed by atoms with Gasteiger partial charge < -0.3 is 10.1 Å². The molecule has 3 nitrogen and oxygen atoms in total. The molecule has 88 valence electrons. The van der Waals surface area contributed by atoms with Gasteiger partial charge in [0.25, 0.3) is 0 Å². The fourth-order valence-electron chi connectivity index (χ4n) is 1.26. The van der Waals surface area contributed by atoms with E-state index in [0.717, 1.165) is 11.3 Å². The molecule has 0 aliphatic carbocycles. The lowest BCUT2D eigenvalue weighted by Gasteiger charge is -2.11. The van der Waals surface area contributed by atoms with E-state index in [1.54, 1.807) is 6.07 Å². The number of aryl methyl sites for hydroxylation is 1. The van der Waals surface area contributed by atoms with Crippen molar-refractivity contribution >= 4 is 23.3 Å². The molecule has 0 amide bonds. The lowest BCUT2D eigenvalue weighted by atomic mass is 10.2. The van der Waals surface area contributed by atoms with Crippen LogP contribution in [0.3, 0.4) is 0 Å². The zero-order valence-electron chi connectivity index (χ0n) is 9.71. The first-order chi connectivity index (χ1) is 7.49. The highest BCUT2D eigenvalue weighted by atomic mass is 35.5. The molecule has 0 spiro atoms. The molecular formula is C12H16ClNO2. The van der Waals surface area contributed by atoms with Gasteiger partial charge in [-0.15, -0.1) is 0 Å². The van der Waals surface area contributed by atoms with Crippen LogP contribution in [0.2, 0.25) is 5.02 Å².